The van der Waals surface area contributed by atoms with Crippen LogP contribution in [0.2, 0.25) is 0 Å². The lowest BCUT2D eigenvalue weighted by atomic mass is 10.1. The van der Waals surface area contributed by atoms with E-state index < -0.39 is 4.92 Å². The van der Waals surface area contributed by atoms with Crippen LogP contribution in [0.15, 0.2) is 47.6 Å². The Balaban J connectivity index is 2.08. The topological polar surface area (TPSA) is 94.6 Å². The van der Waals surface area contributed by atoms with Gasteiger partial charge in [0.05, 0.1) is 29.3 Å². The van der Waals surface area contributed by atoms with Crippen LogP contribution in [0, 0.1) is 28.4 Å². The van der Waals surface area contributed by atoms with E-state index >= 15 is 0 Å². The van der Waals surface area contributed by atoms with Crippen molar-refractivity contribution in [3.05, 3.63) is 63.7 Å². The van der Waals surface area contributed by atoms with Gasteiger partial charge in [0, 0.05) is 30.9 Å². The van der Waals surface area contributed by atoms with Crippen LogP contribution in [0.4, 0.5) is 17.1 Å². The smallest absolute Gasteiger partial charge is 0.271 e. The number of aryl methyl sites for hydroxylation is 1. The van der Waals surface area contributed by atoms with E-state index in [1.165, 1.54) is 12.1 Å². The molecule has 0 fully saturated rings. The van der Waals surface area contributed by atoms with Gasteiger partial charge >= 0.3 is 0 Å². The molecule has 134 valence electrons. The summed E-state index contributed by atoms with van der Waals surface area (Å²) in [5, 5.41) is 23.7. The first-order valence-electron chi connectivity index (χ1n) is 8.31. The van der Waals surface area contributed by atoms with E-state index in [-0.39, 0.29) is 5.69 Å². The summed E-state index contributed by atoms with van der Waals surface area (Å²) >= 11 is 0. The first-order valence-corrected chi connectivity index (χ1v) is 8.31. The number of hydrogen-bond donors (Lipinski definition) is 1. The maximum Gasteiger partial charge on any atom is 0.271 e. The minimum absolute atomic E-state index is 0.0164. The summed E-state index contributed by atoms with van der Waals surface area (Å²) < 4.78 is 0. The van der Waals surface area contributed by atoms with Gasteiger partial charge in [0.1, 0.15) is 0 Å². The molecule has 0 amide bonds. The molecule has 0 heterocycles. The predicted molar refractivity (Wildman–Crippen MR) is 104 cm³/mol. The second-order valence-electron chi connectivity index (χ2n) is 5.71. The van der Waals surface area contributed by atoms with Crippen LogP contribution >= 0.6 is 0 Å². The van der Waals surface area contributed by atoms with Crippen LogP contribution in [-0.4, -0.2) is 24.2 Å². The van der Waals surface area contributed by atoms with Crippen molar-refractivity contribution >= 4 is 23.3 Å². The Hall–Kier alpha value is -3.40. The van der Waals surface area contributed by atoms with E-state index in [2.05, 4.69) is 34.5 Å². The lowest BCUT2D eigenvalue weighted by molar-refractivity contribution is -0.384. The van der Waals surface area contributed by atoms with E-state index in [1.54, 1.807) is 18.3 Å². The number of nitriles is 1. The van der Waals surface area contributed by atoms with Crippen molar-refractivity contribution in [2.24, 2.45) is 5.10 Å². The number of rotatable bonds is 8. The molecule has 2 rings (SSSR count). The zero-order chi connectivity index (χ0) is 18.9. The summed E-state index contributed by atoms with van der Waals surface area (Å²) in [5.74, 6) is 0. The SMILES string of the molecule is CCN(CCC#N)c1ccc(/C=N\Nc2cccc([N+](=O)[O-])c2)c(C)c1. The van der Waals surface area contributed by atoms with Gasteiger partial charge in [-0.2, -0.15) is 10.4 Å². The largest absolute Gasteiger partial charge is 0.371 e. The normalized spacial score (nSPS) is 10.5. The summed E-state index contributed by atoms with van der Waals surface area (Å²) in [6, 6.07) is 14.4. The molecule has 0 aliphatic carbocycles. The van der Waals surface area contributed by atoms with Crippen molar-refractivity contribution < 1.29 is 4.92 Å². The number of nitrogens with zero attached hydrogens (tertiary/aromatic N) is 4. The van der Waals surface area contributed by atoms with Crippen molar-refractivity contribution in [1.82, 2.24) is 0 Å². The quantitative estimate of drug-likeness (QED) is 0.439. The molecule has 0 aliphatic heterocycles. The monoisotopic (exact) mass is 351 g/mol. The molecule has 2 aromatic carbocycles. The molecule has 0 radical (unpaired) electrons. The predicted octanol–water partition coefficient (Wildman–Crippen LogP) is 4.09. The number of hydrogen-bond acceptors (Lipinski definition) is 6. The van der Waals surface area contributed by atoms with Gasteiger partial charge in [-0.1, -0.05) is 12.1 Å². The lowest BCUT2D eigenvalue weighted by Gasteiger charge is -2.22. The summed E-state index contributed by atoms with van der Waals surface area (Å²) in [4.78, 5) is 12.5. The molecule has 0 aliphatic rings. The van der Waals surface area contributed by atoms with Gasteiger partial charge in [0.15, 0.2) is 0 Å². The average molecular weight is 351 g/mol. The fourth-order valence-electron chi connectivity index (χ4n) is 2.52. The van der Waals surface area contributed by atoms with Crippen LogP contribution < -0.4 is 10.3 Å². The minimum Gasteiger partial charge on any atom is -0.371 e. The van der Waals surface area contributed by atoms with Crippen molar-refractivity contribution in [3.63, 3.8) is 0 Å². The molecule has 0 saturated carbocycles. The van der Waals surface area contributed by atoms with Gasteiger partial charge in [0.2, 0.25) is 0 Å². The molecule has 7 nitrogen and oxygen atoms in total. The Labute approximate surface area is 152 Å². The summed E-state index contributed by atoms with van der Waals surface area (Å²) in [6.07, 6.45) is 2.17. The Bertz CT molecular complexity index is 842. The Morgan fingerprint density at radius 3 is 2.81 bits per heavy atom. The van der Waals surface area contributed by atoms with Gasteiger partial charge in [-0.25, -0.2) is 0 Å². The number of anilines is 2. The standard InChI is InChI=1S/C19H21N5O2/c1-3-23(11-5-10-20)18-9-8-16(15(2)12-18)14-21-22-17-6-4-7-19(13-17)24(25)26/h4,6-9,12-14,22H,3,5,11H2,1-2H3/b21-14-. The highest BCUT2D eigenvalue weighted by Gasteiger charge is 2.06. The molecular formula is C19H21N5O2. The molecule has 2 aromatic rings. The molecule has 0 bridgehead atoms. The first-order chi connectivity index (χ1) is 12.5. The molecule has 0 saturated heterocycles. The Kier molecular flexibility index (Phi) is 6.68. The molecule has 0 aromatic heterocycles. The van der Waals surface area contributed by atoms with Crippen molar-refractivity contribution in [3.8, 4) is 6.07 Å². The summed E-state index contributed by atoms with van der Waals surface area (Å²) in [7, 11) is 0. The zero-order valence-electron chi connectivity index (χ0n) is 14.8. The van der Waals surface area contributed by atoms with Crippen LogP contribution in [0.1, 0.15) is 24.5 Å². The van der Waals surface area contributed by atoms with Crippen molar-refractivity contribution in [1.29, 1.82) is 5.26 Å². The second kappa shape index (κ2) is 9.18. The fourth-order valence-corrected chi connectivity index (χ4v) is 2.52. The first kappa shape index (κ1) is 18.9. The summed E-state index contributed by atoms with van der Waals surface area (Å²) in [5.41, 5.74) is 6.46. The van der Waals surface area contributed by atoms with Gasteiger partial charge in [-0.3, -0.25) is 15.5 Å². The van der Waals surface area contributed by atoms with Crippen LogP contribution in [0.3, 0.4) is 0 Å². The maximum absolute atomic E-state index is 10.8. The number of benzene rings is 2. The number of non-ortho nitro benzene ring substituents is 1. The van der Waals surface area contributed by atoms with E-state index in [0.29, 0.717) is 18.7 Å². The third-order valence-electron chi connectivity index (χ3n) is 3.95. The molecule has 0 unspecified atom stereocenters. The highest BCUT2D eigenvalue weighted by atomic mass is 16.6. The van der Waals surface area contributed by atoms with E-state index in [1.807, 2.05) is 19.1 Å². The average Bonchev–Trinajstić information content (AvgIpc) is 2.64. The third-order valence-corrected chi connectivity index (χ3v) is 3.95. The molecule has 0 atom stereocenters. The van der Waals surface area contributed by atoms with E-state index in [4.69, 9.17) is 5.26 Å². The molecular weight excluding hydrogens is 330 g/mol. The Morgan fingerprint density at radius 1 is 1.35 bits per heavy atom. The second-order valence-corrected chi connectivity index (χ2v) is 5.71. The minimum atomic E-state index is -0.441. The van der Waals surface area contributed by atoms with Gasteiger partial charge in [-0.15, -0.1) is 0 Å². The highest BCUT2D eigenvalue weighted by Crippen LogP contribution is 2.19. The maximum atomic E-state index is 10.8. The molecule has 1 N–H and O–H groups in total. The molecule has 7 heteroatoms. The van der Waals surface area contributed by atoms with Gasteiger partial charge < -0.3 is 4.90 Å². The van der Waals surface area contributed by atoms with Crippen molar-refractivity contribution in [2.75, 3.05) is 23.4 Å². The number of hydrazone groups is 1. The Morgan fingerprint density at radius 2 is 2.15 bits per heavy atom. The van der Waals surface area contributed by atoms with Crippen LogP contribution in [0.25, 0.3) is 0 Å². The van der Waals surface area contributed by atoms with Crippen molar-refractivity contribution in [2.45, 2.75) is 20.3 Å². The van der Waals surface area contributed by atoms with E-state index in [9.17, 15) is 10.1 Å². The number of nitro benzene ring substituents is 1. The summed E-state index contributed by atoms with van der Waals surface area (Å²) in [6.45, 7) is 5.60. The third kappa shape index (κ3) is 5.05. The fraction of sp³-hybridized carbons (Fsp3) is 0.263. The van der Waals surface area contributed by atoms with Gasteiger partial charge in [-0.05, 0) is 43.2 Å². The van der Waals surface area contributed by atoms with E-state index in [0.717, 1.165) is 23.4 Å². The molecule has 0 spiro atoms. The number of nitrogens with one attached hydrogen (secondary N) is 1. The highest BCUT2D eigenvalue weighted by molar-refractivity contribution is 5.83. The van der Waals surface area contributed by atoms with Crippen LogP contribution in [0.5, 0.6) is 0 Å². The lowest BCUT2D eigenvalue weighted by Crippen LogP contribution is -2.23. The number of nitro groups is 1. The zero-order valence-corrected chi connectivity index (χ0v) is 14.8. The van der Waals surface area contributed by atoms with Gasteiger partial charge in [0.25, 0.3) is 5.69 Å². The van der Waals surface area contributed by atoms with Crippen LogP contribution in [-0.2, 0) is 0 Å². The molecule has 26 heavy (non-hydrogen) atoms.